The lowest BCUT2D eigenvalue weighted by atomic mass is 9.74. The maximum Gasteiger partial charge on any atom is 0.262 e. The third-order valence-electron chi connectivity index (χ3n) is 4.30. The van der Waals surface area contributed by atoms with E-state index in [4.69, 9.17) is 16.3 Å². The van der Waals surface area contributed by atoms with E-state index in [0.717, 1.165) is 22.3 Å². The Bertz CT molecular complexity index is 697. The summed E-state index contributed by atoms with van der Waals surface area (Å²) in [6, 6.07) is 9.82. The number of thiophene rings is 1. The molecule has 3 rings (SSSR count). The molecule has 1 amide bonds. The van der Waals surface area contributed by atoms with Gasteiger partial charge in [0.05, 0.1) is 0 Å². The van der Waals surface area contributed by atoms with E-state index in [-0.39, 0.29) is 11.3 Å². The van der Waals surface area contributed by atoms with E-state index in [1.165, 1.54) is 16.9 Å². The van der Waals surface area contributed by atoms with Crippen LogP contribution in [0.15, 0.2) is 40.2 Å². The van der Waals surface area contributed by atoms with Crippen LogP contribution in [0.3, 0.4) is 0 Å². The van der Waals surface area contributed by atoms with Crippen LogP contribution in [0.4, 0.5) is 0 Å². The SMILES string of the molecule is O=C(NCC1(c2cccc(Cl)c2)CCOCC1)c1sccc1Br. The molecule has 1 saturated heterocycles. The Kier molecular flexibility index (Phi) is 5.42. The molecule has 1 aromatic carbocycles. The van der Waals surface area contributed by atoms with Crippen LogP contribution in [0.5, 0.6) is 0 Å². The fourth-order valence-electron chi connectivity index (χ4n) is 2.93. The van der Waals surface area contributed by atoms with Gasteiger partial charge in [-0.2, -0.15) is 0 Å². The molecule has 0 atom stereocenters. The number of benzene rings is 1. The molecule has 0 spiro atoms. The molecule has 23 heavy (non-hydrogen) atoms. The zero-order valence-corrected chi connectivity index (χ0v) is 15.6. The lowest BCUT2D eigenvalue weighted by Gasteiger charge is -2.38. The Labute approximate surface area is 153 Å². The molecule has 1 aliphatic heterocycles. The average Bonchev–Trinajstić information content (AvgIpc) is 3.00. The molecule has 2 heterocycles. The van der Waals surface area contributed by atoms with Crippen LogP contribution >= 0.6 is 38.9 Å². The quantitative estimate of drug-likeness (QED) is 0.791. The first-order valence-corrected chi connectivity index (χ1v) is 9.51. The van der Waals surface area contributed by atoms with E-state index in [1.807, 2.05) is 29.6 Å². The predicted molar refractivity (Wildman–Crippen MR) is 97.5 cm³/mol. The highest BCUT2D eigenvalue weighted by Crippen LogP contribution is 2.35. The minimum absolute atomic E-state index is 0.0419. The first-order valence-electron chi connectivity index (χ1n) is 7.46. The Morgan fingerprint density at radius 3 is 2.78 bits per heavy atom. The molecule has 0 aliphatic carbocycles. The highest BCUT2D eigenvalue weighted by molar-refractivity contribution is 9.10. The van der Waals surface area contributed by atoms with Crippen LogP contribution in [0.2, 0.25) is 5.02 Å². The second kappa shape index (κ2) is 7.34. The molecule has 122 valence electrons. The molecular formula is C17H17BrClNO2S. The summed E-state index contributed by atoms with van der Waals surface area (Å²) in [5.74, 6) is -0.0419. The van der Waals surface area contributed by atoms with Crippen molar-refractivity contribution in [2.75, 3.05) is 19.8 Å². The monoisotopic (exact) mass is 413 g/mol. The summed E-state index contributed by atoms with van der Waals surface area (Å²) in [5.41, 5.74) is 1.04. The van der Waals surface area contributed by atoms with Gasteiger partial charge in [0.25, 0.3) is 5.91 Å². The van der Waals surface area contributed by atoms with E-state index in [9.17, 15) is 4.79 Å². The van der Waals surface area contributed by atoms with Gasteiger partial charge in [0.15, 0.2) is 0 Å². The molecule has 3 nitrogen and oxygen atoms in total. The average molecular weight is 415 g/mol. The molecule has 0 unspecified atom stereocenters. The van der Waals surface area contributed by atoms with E-state index >= 15 is 0 Å². The van der Waals surface area contributed by atoms with Crippen molar-refractivity contribution >= 4 is 44.8 Å². The third kappa shape index (κ3) is 3.79. The van der Waals surface area contributed by atoms with Crippen molar-refractivity contribution in [3.05, 3.63) is 55.6 Å². The van der Waals surface area contributed by atoms with Crippen LogP contribution in [-0.2, 0) is 10.2 Å². The van der Waals surface area contributed by atoms with Gasteiger partial charge in [-0.25, -0.2) is 0 Å². The van der Waals surface area contributed by atoms with E-state index in [2.05, 4.69) is 27.3 Å². The number of hydrogen-bond acceptors (Lipinski definition) is 3. The van der Waals surface area contributed by atoms with E-state index < -0.39 is 0 Å². The van der Waals surface area contributed by atoms with Gasteiger partial charge >= 0.3 is 0 Å². The molecule has 1 aromatic heterocycles. The maximum atomic E-state index is 12.4. The molecule has 1 fully saturated rings. The molecular weight excluding hydrogens is 398 g/mol. The Morgan fingerprint density at radius 2 is 2.13 bits per heavy atom. The van der Waals surface area contributed by atoms with Crippen molar-refractivity contribution in [2.24, 2.45) is 0 Å². The zero-order chi connectivity index (χ0) is 16.3. The number of carbonyl (C=O) groups is 1. The number of amides is 1. The van der Waals surface area contributed by atoms with Crippen molar-refractivity contribution in [3.8, 4) is 0 Å². The highest BCUT2D eigenvalue weighted by Gasteiger charge is 2.35. The summed E-state index contributed by atoms with van der Waals surface area (Å²) in [7, 11) is 0. The fraction of sp³-hybridized carbons (Fsp3) is 0.353. The molecule has 0 bridgehead atoms. The summed E-state index contributed by atoms with van der Waals surface area (Å²) < 4.78 is 6.36. The lowest BCUT2D eigenvalue weighted by Crippen LogP contribution is -2.44. The standard InChI is InChI=1S/C17H17BrClNO2S/c18-14-4-9-23-15(14)16(21)20-11-17(5-7-22-8-6-17)12-2-1-3-13(19)10-12/h1-4,9-10H,5-8,11H2,(H,20,21). The fourth-order valence-corrected chi connectivity index (χ4v) is 4.59. The van der Waals surface area contributed by atoms with Crippen molar-refractivity contribution in [3.63, 3.8) is 0 Å². The normalized spacial score (nSPS) is 17.0. The van der Waals surface area contributed by atoms with Gasteiger partial charge in [-0.3, -0.25) is 4.79 Å². The maximum absolute atomic E-state index is 12.4. The number of ether oxygens (including phenoxy) is 1. The first kappa shape index (κ1) is 17.0. The minimum atomic E-state index is -0.122. The molecule has 1 aliphatic rings. The Balaban J connectivity index is 1.80. The summed E-state index contributed by atoms with van der Waals surface area (Å²) >= 11 is 11.0. The number of rotatable bonds is 4. The van der Waals surface area contributed by atoms with Crippen LogP contribution in [-0.4, -0.2) is 25.7 Å². The molecule has 0 saturated carbocycles. The topological polar surface area (TPSA) is 38.3 Å². The van der Waals surface area contributed by atoms with E-state index in [1.54, 1.807) is 0 Å². The Morgan fingerprint density at radius 1 is 1.35 bits per heavy atom. The van der Waals surface area contributed by atoms with Crippen LogP contribution in [0.25, 0.3) is 0 Å². The zero-order valence-electron chi connectivity index (χ0n) is 12.5. The molecule has 6 heteroatoms. The van der Waals surface area contributed by atoms with Gasteiger partial charge < -0.3 is 10.1 Å². The number of nitrogens with one attached hydrogen (secondary N) is 1. The van der Waals surface area contributed by atoms with Crippen molar-refractivity contribution in [2.45, 2.75) is 18.3 Å². The first-order chi connectivity index (χ1) is 11.1. The summed E-state index contributed by atoms with van der Waals surface area (Å²) in [5, 5.41) is 5.72. The number of halogens is 2. The van der Waals surface area contributed by atoms with Gasteiger partial charge in [0, 0.05) is 34.7 Å². The molecule has 1 N–H and O–H groups in total. The number of carbonyl (C=O) groups excluding carboxylic acids is 1. The van der Waals surface area contributed by atoms with E-state index in [0.29, 0.717) is 24.6 Å². The summed E-state index contributed by atoms with van der Waals surface area (Å²) in [4.78, 5) is 13.1. The highest BCUT2D eigenvalue weighted by atomic mass is 79.9. The van der Waals surface area contributed by atoms with Crippen LogP contribution in [0, 0.1) is 0 Å². The molecule has 2 aromatic rings. The predicted octanol–water partition coefficient (Wildman–Crippen LogP) is 4.64. The summed E-state index contributed by atoms with van der Waals surface area (Å²) in [6.07, 6.45) is 1.75. The van der Waals surface area contributed by atoms with Crippen molar-refractivity contribution < 1.29 is 9.53 Å². The van der Waals surface area contributed by atoms with Crippen molar-refractivity contribution in [1.82, 2.24) is 5.32 Å². The largest absolute Gasteiger partial charge is 0.381 e. The lowest BCUT2D eigenvalue weighted by molar-refractivity contribution is 0.0487. The van der Waals surface area contributed by atoms with Gasteiger partial charge in [-0.05, 0) is 57.9 Å². The van der Waals surface area contributed by atoms with Crippen molar-refractivity contribution in [1.29, 1.82) is 0 Å². The van der Waals surface area contributed by atoms with Gasteiger partial charge in [0.2, 0.25) is 0 Å². The van der Waals surface area contributed by atoms with Crippen LogP contribution in [0.1, 0.15) is 28.1 Å². The van der Waals surface area contributed by atoms with Crippen LogP contribution < -0.4 is 5.32 Å². The number of hydrogen-bond donors (Lipinski definition) is 1. The summed E-state index contributed by atoms with van der Waals surface area (Å²) in [6.45, 7) is 1.98. The smallest absolute Gasteiger partial charge is 0.262 e. The Hall–Kier alpha value is -0.880. The minimum Gasteiger partial charge on any atom is -0.381 e. The molecule has 0 radical (unpaired) electrons. The second-order valence-electron chi connectivity index (χ2n) is 5.68. The third-order valence-corrected chi connectivity index (χ3v) is 6.37. The van der Waals surface area contributed by atoms with Gasteiger partial charge in [0.1, 0.15) is 4.88 Å². The van der Waals surface area contributed by atoms with Gasteiger partial charge in [-0.1, -0.05) is 23.7 Å². The second-order valence-corrected chi connectivity index (χ2v) is 7.89. The van der Waals surface area contributed by atoms with Gasteiger partial charge in [-0.15, -0.1) is 11.3 Å².